The van der Waals surface area contributed by atoms with Crippen LogP contribution in [0.15, 0.2) is 66.2 Å². The summed E-state index contributed by atoms with van der Waals surface area (Å²) in [5.74, 6) is 0.240. The van der Waals surface area contributed by atoms with Crippen molar-refractivity contribution in [2.45, 2.75) is 44.8 Å². The van der Waals surface area contributed by atoms with Gasteiger partial charge in [-0.2, -0.15) is 0 Å². The fourth-order valence-corrected chi connectivity index (χ4v) is 4.64. The van der Waals surface area contributed by atoms with E-state index in [1.54, 1.807) is 0 Å². The number of likely N-dealkylation sites (tertiary alicyclic amines) is 1. The monoisotopic (exact) mass is 346 g/mol. The molecule has 0 bridgehead atoms. The molecule has 26 heavy (non-hydrogen) atoms. The zero-order chi connectivity index (χ0) is 18.3. The van der Waals surface area contributed by atoms with Crippen LogP contribution in [-0.2, 0) is 16.8 Å². The van der Waals surface area contributed by atoms with Gasteiger partial charge in [-0.1, -0.05) is 60.2 Å². The Morgan fingerprint density at radius 1 is 1.12 bits per heavy atom. The fourth-order valence-electron chi connectivity index (χ4n) is 4.64. The molecule has 4 rings (SSSR count). The van der Waals surface area contributed by atoms with Crippen molar-refractivity contribution in [1.29, 1.82) is 0 Å². The normalized spacial score (nSPS) is 23.8. The summed E-state index contributed by atoms with van der Waals surface area (Å²) < 4.78 is 0. The van der Waals surface area contributed by atoms with Gasteiger partial charge in [0.15, 0.2) is 0 Å². The van der Waals surface area contributed by atoms with Crippen molar-refractivity contribution in [2.24, 2.45) is 0 Å². The Balaban J connectivity index is 1.83. The summed E-state index contributed by atoms with van der Waals surface area (Å²) in [6.45, 7) is 5.08. The highest BCUT2D eigenvalue weighted by Crippen LogP contribution is 2.54. The van der Waals surface area contributed by atoms with E-state index >= 15 is 0 Å². The molecule has 0 radical (unpaired) electrons. The maximum atomic E-state index is 12.7. The van der Waals surface area contributed by atoms with E-state index in [1.165, 1.54) is 22.4 Å². The van der Waals surface area contributed by atoms with Crippen molar-refractivity contribution < 1.29 is 4.79 Å². The number of benzene rings is 2. The Morgan fingerprint density at radius 3 is 2.54 bits per heavy atom. The van der Waals surface area contributed by atoms with Crippen molar-refractivity contribution in [1.82, 2.24) is 4.90 Å². The van der Waals surface area contributed by atoms with Gasteiger partial charge in [-0.05, 0) is 37.5 Å². The minimum Gasteiger partial charge on any atom is -0.346 e. The lowest BCUT2D eigenvalue weighted by molar-refractivity contribution is -0.127. The third-order valence-corrected chi connectivity index (χ3v) is 5.84. The van der Waals surface area contributed by atoms with E-state index in [0.717, 1.165) is 13.0 Å². The highest BCUT2D eigenvalue weighted by Gasteiger charge is 2.58. The number of para-hydroxylation sites is 1. The molecular weight excluding hydrogens is 320 g/mol. The first kappa shape index (κ1) is 16.9. The molecule has 2 heterocycles. The Labute approximate surface area is 155 Å². The third kappa shape index (κ3) is 2.54. The Kier molecular flexibility index (Phi) is 4.10. The molecule has 0 spiro atoms. The zero-order valence-corrected chi connectivity index (χ0v) is 15.8. The van der Waals surface area contributed by atoms with Gasteiger partial charge in [-0.15, -0.1) is 0 Å². The Morgan fingerprint density at radius 2 is 1.81 bits per heavy atom. The van der Waals surface area contributed by atoms with Crippen molar-refractivity contribution in [3.8, 4) is 0 Å². The van der Waals surface area contributed by atoms with E-state index in [2.05, 4.69) is 73.4 Å². The highest BCUT2D eigenvalue weighted by molar-refractivity contribution is 5.85. The van der Waals surface area contributed by atoms with Crippen LogP contribution >= 0.6 is 0 Å². The molecule has 2 aromatic carbocycles. The molecular formula is C23H26N2O. The van der Waals surface area contributed by atoms with Gasteiger partial charge in [-0.25, -0.2) is 0 Å². The average Bonchev–Trinajstić information content (AvgIpc) is 3.05. The molecule has 0 saturated carbocycles. The molecule has 1 saturated heterocycles. The lowest BCUT2D eigenvalue weighted by atomic mass is 9.76. The number of nitrogens with zero attached hydrogens (tertiary/aromatic N) is 2. The molecule has 0 aromatic heterocycles. The van der Waals surface area contributed by atoms with Gasteiger partial charge in [0.05, 0.1) is 0 Å². The second-order valence-corrected chi connectivity index (χ2v) is 7.83. The van der Waals surface area contributed by atoms with E-state index in [-0.39, 0.29) is 17.5 Å². The van der Waals surface area contributed by atoms with Gasteiger partial charge < -0.3 is 9.80 Å². The van der Waals surface area contributed by atoms with Crippen LogP contribution in [0, 0.1) is 0 Å². The third-order valence-electron chi connectivity index (χ3n) is 5.84. The molecule has 2 aromatic rings. The Hall–Kier alpha value is -2.55. The van der Waals surface area contributed by atoms with Crippen LogP contribution in [0.25, 0.3) is 0 Å². The first-order valence-electron chi connectivity index (χ1n) is 9.32. The van der Waals surface area contributed by atoms with Gasteiger partial charge >= 0.3 is 0 Å². The van der Waals surface area contributed by atoms with Crippen LogP contribution in [0.2, 0.25) is 0 Å². The summed E-state index contributed by atoms with van der Waals surface area (Å²) in [6.07, 6.45) is 3.85. The minimum absolute atomic E-state index is 0.0724. The van der Waals surface area contributed by atoms with E-state index in [0.29, 0.717) is 6.42 Å². The molecule has 0 N–H and O–H groups in total. The first-order valence-corrected chi connectivity index (χ1v) is 9.32. The standard InChI is InChI=1S/C23H26N2O/c1-17(2)13-14-23-15-21(26)24(3)22(23)25(16-18-9-5-4-6-10-18)20-12-8-7-11-19(20)23/h4-13,22H,14-16H2,1-3H3/t22-,23+/m1/s1. The SMILES string of the molecule is CC(C)=CC[C@@]12CC(=O)N(C)[C@@H]1N(Cc1ccccc1)c1ccccc12. The molecule has 2 aliphatic heterocycles. The quantitative estimate of drug-likeness (QED) is 0.762. The lowest BCUT2D eigenvalue weighted by Gasteiger charge is -2.36. The largest absolute Gasteiger partial charge is 0.346 e. The van der Waals surface area contributed by atoms with Crippen molar-refractivity contribution in [2.75, 3.05) is 11.9 Å². The number of likely N-dealkylation sites (N-methyl/N-ethyl adjacent to an activating group) is 1. The number of hydrogen-bond acceptors (Lipinski definition) is 2. The van der Waals surface area contributed by atoms with Gasteiger partial charge in [-0.3, -0.25) is 4.79 Å². The average molecular weight is 346 g/mol. The number of allylic oxidation sites excluding steroid dienone is 2. The number of carbonyl (C=O) groups is 1. The van der Waals surface area contributed by atoms with E-state index in [1.807, 2.05) is 18.0 Å². The van der Waals surface area contributed by atoms with E-state index < -0.39 is 0 Å². The lowest BCUT2D eigenvalue weighted by Crippen LogP contribution is -2.48. The summed E-state index contributed by atoms with van der Waals surface area (Å²) in [4.78, 5) is 17.1. The predicted molar refractivity (Wildman–Crippen MR) is 106 cm³/mol. The summed E-state index contributed by atoms with van der Waals surface area (Å²) in [7, 11) is 1.96. The highest BCUT2D eigenvalue weighted by atomic mass is 16.2. The molecule has 0 unspecified atom stereocenters. The van der Waals surface area contributed by atoms with Crippen LogP contribution in [0.3, 0.4) is 0 Å². The number of hydrogen-bond donors (Lipinski definition) is 0. The van der Waals surface area contributed by atoms with Gasteiger partial charge in [0.2, 0.25) is 5.91 Å². The second kappa shape index (κ2) is 6.31. The van der Waals surface area contributed by atoms with Crippen LogP contribution < -0.4 is 4.90 Å². The van der Waals surface area contributed by atoms with Gasteiger partial charge in [0.25, 0.3) is 0 Å². The molecule has 3 heteroatoms. The zero-order valence-electron chi connectivity index (χ0n) is 15.8. The summed E-state index contributed by atoms with van der Waals surface area (Å²) in [5, 5.41) is 0. The number of amides is 1. The minimum atomic E-state index is -0.158. The number of rotatable bonds is 4. The number of anilines is 1. The maximum Gasteiger partial charge on any atom is 0.225 e. The summed E-state index contributed by atoms with van der Waals surface area (Å²) in [5.41, 5.74) is 5.00. The predicted octanol–water partition coefficient (Wildman–Crippen LogP) is 4.49. The smallest absolute Gasteiger partial charge is 0.225 e. The van der Waals surface area contributed by atoms with Gasteiger partial charge in [0.1, 0.15) is 6.17 Å². The van der Waals surface area contributed by atoms with Crippen LogP contribution in [0.5, 0.6) is 0 Å². The van der Waals surface area contributed by atoms with Crippen LogP contribution in [0.4, 0.5) is 5.69 Å². The van der Waals surface area contributed by atoms with E-state index in [9.17, 15) is 4.79 Å². The van der Waals surface area contributed by atoms with Crippen molar-refractivity contribution in [3.63, 3.8) is 0 Å². The number of fused-ring (bicyclic) bond motifs is 3. The number of carbonyl (C=O) groups excluding carboxylic acids is 1. The molecule has 0 aliphatic carbocycles. The first-order chi connectivity index (χ1) is 12.5. The molecule has 1 fully saturated rings. The molecule has 134 valence electrons. The van der Waals surface area contributed by atoms with Gasteiger partial charge in [0, 0.05) is 31.1 Å². The Bertz CT molecular complexity index is 854. The molecule has 1 amide bonds. The molecule has 2 aliphatic rings. The summed E-state index contributed by atoms with van der Waals surface area (Å²) >= 11 is 0. The summed E-state index contributed by atoms with van der Waals surface area (Å²) in [6, 6.07) is 19.2. The fraction of sp³-hybridized carbons (Fsp3) is 0.348. The van der Waals surface area contributed by atoms with Crippen molar-refractivity contribution in [3.05, 3.63) is 77.4 Å². The molecule has 2 atom stereocenters. The van der Waals surface area contributed by atoms with Crippen LogP contribution in [-0.4, -0.2) is 24.0 Å². The maximum absolute atomic E-state index is 12.7. The van der Waals surface area contributed by atoms with Crippen LogP contribution in [0.1, 0.15) is 37.8 Å². The van der Waals surface area contributed by atoms with E-state index in [4.69, 9.17) is 0 Å². The molecule has 3 nitrogen and oxygen atoms in total. The second-order valence-electron chi connectivity index (χ2n) is 7.83. The van der Waals surface area contributed by atoms with Crippen molar-refractivity contribution >= 4 is 11.6 Å². The topological polar surface area (TPSA) is 23.6 Å².